The highest BCUT2D eigenvalue weighted by Gasteiger charge is 2.08. The molecule has 72 valence electrons. The van der Waals surface area contributed by atoms with Crippen molar-refractivity contribution < 1.29 is 9.94 Å². The summed E-state index contributed by atoms with van der Waals surface area (Å²) in [6.45, 7) is 2.21. The largest absolute Gasteiger partial charge is 0.507 e. The van der Waals surface area contributed by atoms with E-state index in [1.165, 1.54) is 7.11 Å². The lowest BCUT2D eigenvalue weighted by Crippen LogP contribution is -2.11. The van der Waals surface area contributed by atoms with Gasteiger partial charge >= 0.3 is 0 Å². The van der Waals surface area contributed by atoms with Gasteiger partial charge < -0.3 is 9.94 Å². The summed E-state index contributed by atoms with van der Waals surface area (Å²) >= 11 is 5.88. The van der Waals surface area contributed by atoms with E-state index >= 15 is 0 Å². The lowest BCUT2D eigenvalue weighted by atomic mass is 10.1. The van der Waals surface area contributed by atoms with Gasteiger partial charge in [0.25, 0.3) is 0 Å². The number of phenols is 1. The SMILES string of the molecule is CONCc1c(Cl)ccc(C)c1O. The first kappa shape index (κ1) is 10.3. The summed E-state index contributed by atoms with van der Waals surface area (Å²) in [6.07, 6.45) is 0. The fourth-order valence-electron chi connectivity index (χ4n) is 1.04. The molecule has 0 aromatic heterocycles. The van der Waals surface area contributed by atoms with Gasteiger partial charge in [-0.1, -0.05) is 17.7 Å². The summed E-state index contributed by atoms with van der Waals surface area (Å²) in [4.78, 5) is 4.68. The smallest absolute Gasteiger partial charge is 0.124 e. The minimum atomic E-state index is 0.219. The van der Waals surface area contributed by atoms with Gasteiger partial charge in [-0.25, -0.2) is 0 Å². The Morgan fingerprint density at radius 1 is 1.54 bits per heavy atom. The zero-order chi connectivity index (χ0) is 9.84. The number of hydrogen-bond acceptors (Lipinski definition) is 3. The van der Waals surface area contributed by atoms with E-state index in [4.69, 9.17) is 11.6 Å². The summed E-state index contributed by atoms with van der Waals surface area (Å²) in [7, 11) is 1.51. The van der Waals surface area contributed by atoms with E-state index in [0.717, 1.165) is 5.56 Å². The molecule has 1 aromatic carbocycles. The van der Waals surface area contributed by atoms with E-state index in [0.29, 0.717) is 17.1 Å². The average Bonchev–Trinajstić information content (AvgIpc) is 2.12. The minimum absolute atomic E-state index is 0.219. The molecule has 0 atom stereocenters. The van der Waals surface area contributed by atoms with E-state index in [9.17, 15) is 5.11 Å². The van der Waals surface area contributed by atoms with Gasteiger partial charge in [-0.15, -0.1) is 0 Å². The third-order valence-corrected chi connectivity index (χ3v) is 2.17. The Morgan fingerprint density at radius 3 is 2.85 bits per heavy atom. The summed E-state index contributed by atoms with van der Waals surface area (Å²) < 4.78 is 0. The Morgan fingerprint density at radius 2 is 2.23 bits per heavy atom. The zero-order valence-corrected chi connectivity index (χ0v) is 8.35. The van der Waals surface area contributed by atoms with E-state index in [2.05, 4.69) is 10.3 Å². The maximum absolute atomic E-state index is 9.63. The molecule has 4 heteroatoms. The number of phenolic OH excluding ortho intramolecular Hbond substituents is 1. The van der Waals surface area contributed by atoms with E-state index < -0.39 is 0 Å². The molecule has 0 unspecified atom stereocenters. The molecule has 0 aliphatic rings. The van der Waals surface area contributed by atoms with Crippen molar-refractivity contribution in [2.75, 3.05) is 7.11 Å². The number of nitrogens with one attached hydrogen (secondary N) is 1. The van der Waals surface area contributed by atoms with Crippen LogP contribution in [-0.2, 0) is 11.4 Å². The number of benzene rings is 1. The van der Waals surface area contributed by atoms with Crippen molar-refractivity contribution in [2.45, 2.75) is 13.5 Å². The molecule has 0 fully saturated rings. The fraction of sp³-hybridized carbons (Fsp3) is 0.333. The van der Waals surface area contributed by atoms with Crippen LogP contribution in [-0.4, -0.2) is 12.2 Å². The van der Waals surface area contributed by atoms with Gasteiger partial charge in [0.2, 0.25) is 0 Å². The van der Waals surface area contributed by atoms with Crippen LogP contribution in [0, 0.1) is 6.92 Å². The van der Waals surface area contributed by atoms with Crippen LogP contribution < -0.4 is 5.48 Å². The summed E-state index contributed by atoms with van der Waals surface area (Å²) in [5.41, 5.74) is 4.09. The van der Waals surface area contributed by atoms with Crippen LogP contribution in [0.1, 0.15) is 11.1 Å². The molecule has 13 heavy (non-hydrogen) atoms. The second-order valence-corrected chi connectivity index (χ2v) is 3.12. The second-order valence-electron chi connectivity index (χ2n) is 2.72. The van der Waals surface area contributed by atoms with Crippen LogP contribution in [0.5, 0.6) is 5.75 Å². The Hall–Kier alpha value is -0.770. The molecule has 1 aromatic rings. The Labute approximate surface area is 82.2 Å². The maximum atomic E-state index is 9.63. The standard InChI is InChI=1S/C9H12ClNO2/c1-6-3-4-8(10)7(9(6)12)5-11-13-2/h3-4,11-12H,5H2,1-2H3. The first-order valence-electron chi connectivity index (χ1n) is 3.89. The summed E-state index contributed by atoms with van der Waals surface area (Å²) in [5.74, 6) is 0.219. The second kappa shape index (κ2) is 4.46. The lowest BCUT2D eigenvalue weighted by molar-refractivity contribution is 0.0861. The van der Waals surface area contributed by atoms with Gasteiger partial charge in [0, 0.05) is 10.6 Å². The number of aromatic hydroxyl groups is 1. The molecule has 0 bridgehead atoms. The van der Waals surface area contributed by atoms with E-state index in [-0.39, 0.29) is 5.75 Å². The molecule has 0 aliphatic heterocycles. The van der Waals surface area contributed by atoms with Gasteiger partial charge in [0.1, 0.15) is 5.75 Å². The number of halogens is 1. The van der Waals surface area contributed by atoms with Crippen molar-refractivity contribution in [3.63, 3.8) is 0 Å². The molecule has 0 spiro atoms. The molecule has 3 nitrogen and oxygen atoms in total. The average molecular weight is 202 g/mol. The maximum Gasteiger partial charge on any atom is 0.124 e. The molecule has 0 radical (unpaired) electrons. The van der Waals surface area contributed by atoms with Crippen molar-refractivity contribution in [3.8, 4) is 5.75 Å². The van der Waals surface area contributed by atoms with Crippen LogP contribution >= 0.6 is 11.6 Å². The third kappa shape index (κ3) is 2.34. The Balaban J connectivity index is 2.96. The number of hydrogen-bond donors (Lipinski definition) is 2. The van der Waals surface area contributed by atoms with Crippen LogP contribution in [0.25, 0.3) is 0 Å². The fourth-order valence-corrected chi connectivity index (χ4v) is 1.26. The highest BCUT2D eigenvalue weighted by Crippen LogP contribution is 2.28. The van der Waals surface area contributed by atoms with Crippen molar-refractivity contribution in [1.82, 2.24) is 5.48 Å². The van der Waals surface area contributed by atoms with E-state index in [1.807, 2.05) is 6.92 Å². The third-order valence-electron chi connectivity index (χ3n) is 1.82. The highest BCUT2D eigenvalue weighted by molar-refractivity contribution is 6.31. The summed E-state index contributed by atoms with van der Waals surface area (Å²) in [5, 5.41) is 10.2. The van der Waals surface area contributed by atoms with Crippen molar-refractivity contribution >= 4 is 11.6 Å². The molecule has 0 aliphatic carbocycles. The molecule has 2 N–H and O–H groups in total. The molecular formula is C9H12ClNO2. The topological polar surface area (TPSA) is 41.5 Å². The van der Waals surface area contributed by atoms with E-state index in [1.54, 1.807) is 12.1 Å². The van der Waals surface area contributed by atoms with Crippen molar-refractivity contribution in [2.24, 2.45) is 0 Å². The van der Waals surface area contributed by atoms with Crippen LogP contribution in [0.3, 0.4) is 0 Å². The molecule has 1 rings (SSSR count). The molecule has 0 saturated heterocycles. The monoisotopic (exact) mass is 201 g/mol. The molecule has 0 saturated carbocycles. The molecule has 0 amide bonds. The lowest BCUT2D eigenvalue weighted by Gasteiger charge is -2.09. The number of hydroxylamine groups is 1. The normalized spacial score (nSPS) is 10.4. The van der Waals surface area contributed by atoms with Crippen molar-refractivity contribution in [3.05, 3.63) is 28.3 Å². The highest BCUT2D eigenvalue weighted by atomic mass is 35.5. The van der Waals surface area contributed by atoms with Gasteiger partial charge in [-0.3, -0.25) is 0 Å². The van der Waals surface area contributed by atoms with Gasteiger partial charge in [-0.2, -0.15) is 5.48 Å². The number of rotatable bonds is 3. The Kier molecular flexibility index (Phi) is 3.54. The quantitative estimate of drug-likeness (QED) is 0.736. The van der Waals surface area contributed by atoms with Crippen LogP contribution in [0.2, 0.25) is 5.02 Å². The number of aryl methyl sites for hydroxylation is 1. The summed E-state index contributed by atoms with van der Waals surface area (Å²) in [6, 6.07) is 3.53. The molecular weight excluding hydrogens is 190 g/mol. The van der Waals surface area contributed by atoms with Crippen LogP contribution in [0.4, 0.5) is 0 Å². The first-order chi connectivity index (χ1) is 6.16. The molecule has 0 heterocycles. The Bertz CT molecular complexity index is 302. The van der Waals surface area contributed by atoms with Gasteiger partial charge in [-0.05, 0) is 18.6 Å². The zero-order valence-electron chi connectivity index (χ0n) is 7.60. The first-order valence-corrected chi connectivity index (χ1v) is 4.27. The minimum Gasteiger partial charge on any atom is -0.507 e. The van der Waals surface area contributed by atoms with Gasteiger partial charge in [0.05, 0.1) is 13.7 Å². The van der Waals surface area contributed by atoms with Crippen LogP contribution in [0.15, 0.2) is 12.1 Å². The predicted octanol–water partition coefficient (Wildman–Crippen LogP) is 2.01. The van der Waals surface area contributed by atoms with Gasteiger partial charge in [0.15, 0.2) is 0 Å². The van der Waals surface area contributed by atoms with Crippen molar-refractivity contribution in [1.29, 1.82) is 0 Å². The predicted molar refractivity (Wildman–Crippen MR) is 51.7 cm³/mol.